The fourth-order valence-electron chi connectivity index (χ4n) is 9.00. The summed E-state index contributed by atoms with van der Waals surface area (Å²) < 4.78 is 15.2. The van der Waals surface area contributed by atoms with E-state index in [0.717, 1.165) is 0 Å². The SMILES string of the molecule is CC(C)(C)[Si](C)([Si]1O[C@@H](c2ccccc2)[Si]([Si](C)(C(C)(C)C)C(C)(C)C)[C@H](c2ccccc2)O1)C(C)(C)C.C[Si](C(C)(C)C)C(C)(C)C.C[Si](C(C)(C)C)C(C)(C)C.[Ge]. The fourth-order valence-corrected chi connectivity index (χ4v) is 43.2. The Bertz CT molecular complexity index is 1390. The first-order valence-electron chi connectivity index (χ1n) is 22.4. The molecule has 2 atom stereocenters. The molecular weight excluding hydrogens is 874 g/mol. The van der Waals surface area contributed by atoms with Crippen LogP contribution >= 0.6 is 0 Å². The van der Waals surface area contributed by atoms with Gasteiger partial charge >= 0.3 is 8.80 Å². The predicted molar refractivity (Wildman–Crippen MR) is 282 cm³/mol. The van der Waals surface area contributed by atoms with Gasteiger partial charge < -0.3 is 8.85 Å². The van der Waals surface area contributed by atoms with Crippen LogP contribution in [0.15, 0.2) is 60.7 Å². The number of benzene rings is 2. The zero-order chi connectivity index (χ0) is 46.1. The van der Waals surface area contributed by atoms with Crippen molar-refractivity contribution in [2.24, 2.45) is 0 Å². The third kappa shape index (κ3) is 14.6. The van der Waals surface area contributed by atoms with Crippen LogP contribution in [-0.4, -0.2) is 67.5 Å². The van der Waals surface area contributed by atoms with Gasteiger partial charge in [-0.05, 0) is 51.4 Å². The minimum absolute atomic E-state index is 0. The Balaban J connectivity index is 0.00000132. The molecule has 2 aromatic carbocycles. The van der Waals surface area contributed by atoms with E-state index >= 15 is 0 Å². The first kappa shape index (κ1) is 59.2. The molecular formula is C50H96GeO2Si6. The van der Waals surface area contributed by atoms with Gasteiger partial charge in [0.05, 0.1) is 36.6 Å². The zero-order valence-electron chi connectivity index (χ0n) is 44.2. The minimum atomic E-state index is -2.09. The summed E-state index contributed by atoms with van der Waals surface area (Å²) in [4.78, 5) is 0. The summed E-state index contributed by atoms with van der Waals surface area (Å²) in [5, 5.41) is 2.89. The average molecular weight is 970 g/mol. The van der Waals surface area contributed by atoms with Crippen molar-refractivity contribution in [1.29, 1.82) is 0 Å². The van der Waals surface area contributed by atoms with Crippen molar-refractivity contribution in [3.63, 3.8) is 0 Å². The van der Waals surface area contributed by atoms with Gasteiger partial charge in [-0.2, -0.15) is 0 Å². The molecule has 1 aliphatic rings. The van der Waals surface area contributed by atoms with Gasteiger partial charge in [0.25, 0.3) is 0 Å². The summed E-state index contributed by atoms with van der Waals surface area (Å²) in [6.07, 6.45) is 0. The van der Waals surface area contributed by atoms with Gasteiger partial charge in [-0.3, -0.25) is 0 Å². The van der Waals surface area contributed by atoms with Crippen molar-refractivity contribution in [2.45, 2.75) is 244 Å². The molecule has 1 fully saturated rings. The summed E-state index contributed by atoms with van der Waals surface area (Å²) in [7, 11) is -7.38. The van der Waals surface area contributed by atoms with E-state index in [9.17, 15) is 0 Å². The standard InChI is InChI=1S/C32H54O2Si4.2C9H21Si.Ge/c1-29(2,3)37(13,30(4,5)6)35-27(25-21-17-15-18-22-25)33-36(34-28(35)26-23-19-16-20-24-26)38(14,31(7,8)9)32(10,11)12;2*1-8(2,3)10(7)9(4,5)6;/h15-24,27-28H,1-14H3;2*1-7H3;/t27-,28-;;;/m1.../s1. The number of rotatable bonds is 4. The van der Waals surface area contributed by atoms with E-state index in [1.165, 1.54) is 11.1 Å². The maximum Gasteiger partial charge on any atom is 0.360 e. The first-order valence-corrected chi connectivity index (χ1v) is 36.3. The Hall–Kier alpha value is 0.204. The molecule has 1 saturated heterocycles. The molecule has 0 bridgehead atoms. The van der Waals surface area contributed by atoms with Crippen molar-refractivity contribution in [1.82, 2.24) is 0 Å². The van der Waals surface area contributed by atoms with Crippen LogP contribution in [0.4, 0.5) is 0 Å². The van der Waals surface area contributed by atoms with Crippen molar-refractivity contribution in [2.75, 3.05) is 0 Å². The molecule has 59 heavy (non-hydrogen) atoms. The fraction of sp³-hybridized carbons (Fsp3) is 0.760. The second kappa shape index (κ2) is 20.6. The first-order chi connectivity index (χ1) is 25.5. The van der Waals surface area contributed by atoms with Crippen LogP contribution in [0.2, 0.25) is 66.5 Å². The number of hydrogen-bond donors (Lipinski definition) is 0. The van der Waals surface area contributed by atoms with Crippen molar-refractivity contribution < 1.29 is 8.85 Å². The number of hydrogen-bond acceptors (Lipinski definition) is 2. The minimum Gasteiger partial charge on any atom is -0.392 e. The van der Waals surface area contributed by atoms with Crippen LogP contribution < -0.4 is 0 Å². The van der Waals surface area contributed by atoms with Crippen LogP contribution in [0, 0.1) is 0 Å². The molecule has 2 aromatic rings. The Kier molecular flexibility index (Phi) is 20.7. The molecule has 8 radical (unpaired) electrons. The largest absolute Gasteiger partial charge is 0.392 e. The van der Waals surface area contributed by atoms with Crippen LogP contribution in [0.25, 0.3) is 0 Å². The quantitative estimate of drug-likeness (QED) is 0.284. The Morgan fingerprint density at radius 3 is 0.797 bits per heavy atom. The molecule has 336 valence electrons. The van der Waals surface area contributed by atoms with Gasteiger partial charge in [0.15, 0.2) is 0 Å². The van der Waals surface area contributed by atoms with Gasteiger partial charge in [-0.25, -0.2) is 0 Å². The Morgan fingerprint density at radius 2 is 0.627 bits per heavy atom. The summed E-state index contributed by atoms with van der Waals surface area (Å²) in [6, 6.07) is 22.4. The van der Waals surface area contributed by atoms with E-state index in [1.807, 2.05) is 0 Å². The van der Waals surface area contributed by atoms with Crippen LogP contribution in [-0.2, 0) is 8.85 Å². The molecule has 0 unspecified atom stereocenters. The molecule has 0 amide bonds. The van der Waals surface area contributed by atoms with Crippen molar-refractivity contribution in [3.05, 3.63) is 71.8 Å². The van der Waals surface area contributed by atoms with Crippen LogP contribution in [0.1, 0.15) is 189 Å². The Morgan fingerprint density at radius 1 is 0.407 bits per heavy atom. The third-order valence-corrected chi connectivity index (χ3v) is 58.3. The smallest absolute Gasteiger partial charge is 0.360 e. The second-order valence-electron chi connectivity index (χ2n) is 26.1. The Labute approximate surface area is 389 Å². The molecule has 2 nitrogen and oxygen atoms in total. The maximum atomic E-state index is 7.61. The van der Waals surface area contributed by atoms with Crippen molar-refractivity contribution in [3.8, 4) is 0 Å². The average Bonchev–Trinajstić information content (AvgIpc) is 3.04. The molecule has 0 spiro atoms. The van der Waals surface area contributed by atoms with E-state index in [2.05, 4.69) is 253 Å². The molecule has 0 aliphatic carbocycles. The molecule has 1 aliphatic heterocycles. The monoisotopic (exact) mass is 971 g/mol. The molecule has 0 N–H and O–H groups in total. The molecule has 1 heterocycles. The van der Waals surface area contributed by atoms with Gasteiger partial charge in [-0.15, -0.1) is 0 Å². The summed E-state index contributed by atoms with van der Waals surface area (Å²) in [6.45, 7) is 68.0. The van der Waals surface area contributed by atoms with Crippen LogP contribution in [0.3, 0.4) is 0 Å². The molecule has 0 aromatic heterocycles. The van der Waals surface area contributed by atoms with Gasteiger partial charge in [0.2, 0.25) is 0 Å². The van der Waals surface area contributed by atoms with E-state index < -0.39 is 32.3 Å². The summed E-state index contributed by atoms with van der Waals surface area (Å²) in [5.41, 5.74) is 2.97. The van der Waals surface area contributed by atoms with E-state index in [0.29, 0.717) is 20.2 Å². The molecule has 9 heteroatoms. The van der Waals surface area contributed by atoms with Gasteiger partial charge in [0, 0.05) is 17.6 Å². The molecule has 0 saturated carbocycles. The topological polar surface area (TPSA) is 18.5 Å². The molecule has 3 rings (SSSR count). The summed E-state index contributed by atoms with van der Waals surface area (Å²) in [5.74, 6) is 0. The summed E-state index contributed by atoms with van der Waals surface area (Å²) >= 11 is 0. The van der Waals surface area contributed by atoms with Crippen molar-refractivity contribution >= 4 is 67.5 Å². The third-order valence-electron chi connectivity index (χ3n) is 14.7. The van der Waals surface area contributed by atoms with E-state index in [1.54, 1.807) is 0 Å². The normalized spacial score (nSPS) is 18.7. The van der Waals surface area contributed by atoms with E-state index in [-0.39, 0.29) is 66.8 Å². The zero-order valence-corrected chi connectivity index (χ0v) is 52.3. The van der Waals surface area contributed by atoms with Gasteiger partial charge in [-0.1, -0.05) is 253 Å². The maximum absolute atomic E-state index is 7.61. The van der Waals surface area contributed by atoms with E-state index in [4.69, 9.17) is 8.85 Å². The van der Waals surface area contributed by atoms with Gasteiger partial charge in [0.1, 0.15) is 15.9 Å². The van der Waals surface area contributed by atoms with Crippen LogP contribution in [0.5, 0.6) is 0 Å². The predicted octanol–water partition coefficient (Wildman–Crippen LogP) is 17.1. The second-order valence-corrected chi connectivity index (χ2v) is 57.0.